The summed E-state index contributed by atoms with van der Waals surface area (Å²) in [6.45, 7) is 4.86. The highest BCUT2D eigenvalue weighted by Crippen LogP contribution is 2.41. The maximum atomic E-state index is 14.6. The molecule has 0 amide bonds. The summed E-state index contributed by atoms with van der Waals surface area (Å²) in [4.78, 5) is 12.7. The molecule has 0 spiro atoms. The number of hydrogen-bond acceptors (Lipinski definition) is 4. The van der Waals surface area contributed by atoms with Gasteiger partial charge in [-0.05, 0) is 68.4 Å². The Morgan fingerprint density at radius 1 is 1.00 bits per heavy atom. The number of halogens is 1. The third-order valence-corrected chi connectivity index (χ3v) is 7.30. The molecule has 4 nitrogen and oxygen atoms in total. The van der Waals surface area contributed by atoms with Gasteiger partial charge in [0.25, 0.3) is 0 Å². The highest BCUT2D eigenvalue weighted by Gasteiger charge is 2.36. The van der Waals surface area contributed by atoms with Crippen LogP contribution in [0.2, 0.25) is 0 Å². The van der Waals surface area contributed by atoms with Crippen molar-refractivity contribution >= 4 is 5.97 Å². The predicted octanol–water partition coefficient (Wildman–Crippen LogP) is 8.64. The molecule has 194 valence electrons. The number of carbonyl (C=O) groups excluding carboxylic acids is 1. The molecule has 0 bridgehead atoms. The van der Waals surface area contributed by atoms with Crippen LogP contribution in [0.3, 0.4) is 0 Å². The first kappa shape index (κ1) is 27.7. The van der Waals surface area contributed by atoms with Crippen molar-refractivity contribution in [3.63, 3.8) is 0 Å². The lowest BCUT2D eigenvalue weighted by atomic mass is 9.71. The Labute approximate surface area is 215 Å². The SMILES string of the molecule is CCCCCCCC1(C#N)CCC(OC(=O)c2ccc(-c3ccc(OCCCC)cc3F)cc2)CC1. The van der Waals surface area contributed by atoms with Crippen LogP contribution in [0.5, 0.6) is 5.75 Å². The van der Waals surface area contributed by atoms with Crippen molar-refractivity contribution in [2.75, 3.05) is 6.61 Å². The van der Waals surface area contributed by atoms with Gasteiger partial charge in [0.2, 0.25) is 0 Å². The molecule has 36 heavy (non-hydrogen) atoms. The number of carbonyl (C=O) groups is 1. The normalized spacial score (nSPS) is 19.4. The molecule has 0 aromatic heterocycles. The maximum Gasteiger partial charge on any atom is 0.338 e. The van der Waals surface area contributed by atoms with Gasteiger partial charge in [-0.3, -0.25) is 0 Å². The van der Waals surface area contributed by atoms with Crippen molar-refractivity contribution in [3.05, 3.63) is 53.8 Å². The lowest BCUT2D eigenvalue weighted by molar-refractivity contribution is 0.0105. The molecule has 0 heterocycles. The number of unbranched alkanes of at least 4 members (excludes halogenated alkanes) is 5. The Bertz CT molecular complexity index is 1000. The van der Waals surface area contributed by atoms with Gasteiger partial charge in [0.15, 0.2) is 0 Å². The quantitative estimate of drug-likeness (QED) is 0.207. The van der Waals surface area contributed by atoms with E-state index in [0.29, 0.717) is 29.0 Å². The highest BCUT2D eigenvalue weighted by molar-refractivity contribution is 5.90. The van der Waals surface area contributed by atoms with E-state index in [1.54, 1.807) is 36.4 Å². The Morgan fingerprint density at radius 2 is 1.69 bits per heavy atom. The van der Waals surface area contributed by atoms with Crippen molar-refractivity contribution in [1.82, 2.24) is 0 Å². The zero-order chi connectivity index (χ0) is 25.8. The third-order valence-electron chi connectivity index (χ3n) is 7.30. The predicted molar refractivity (Wildman–Crippen MR) is 141 cm³/mol. The van der Waals surface area contributed by atoms with Gasteiger partial charge in [0.1, 0.15) is 17.7 Å². The Hall–Kier alpha value is -2.87. The van der Waals surface area contributed by atoms with Crippen molar-refractivity contribution in [3.8, 4) is 22.9 Å². The zero-order valence-corrected chi connectivity index (χ0v) is 21.9. The smallest absolute Gasteiger partial charge is 0.338 e. The molecule has 1 aliphatic carbocycles. The first-order valence-corrected chi connectivity index (χ1v) is 13.7. The van der Waals surface area contributed by atoms with Gasteiger partial charge in [-0.2, -0.15) is 5.26 Å². The largest absolute Gasteiger partial charge is 0.493 e. The average Bonchev–Trinajstić information content (AvgIpc) is 2.90. The molecule has 1 saturated carbocycles. The summed E-state index contributed by atoms with van der Waals surface area (Å²) in [5.74, 6) is -0.196. The van der Waals surface area contributed by atoms with Crippen LogP contribution in [0.4, 0.5) is 4.39 Å². The summed E-state index contributed by atoms with van der Waals surface area (Å²) in [5.41, 5.74) is 1.34. The number of esters is 1. The molecule has 3 rings (SSSR count). The minimum absolute atomic E-state index is 0.156. The van der Waals surface area contributed by atoms with Gasteiger partial charge in [-0.1, -0.05) is 64.5 Å². The van der Waals surface area contributed by atoms with E-state index in [4.69, 9.17) is 9.47 Å². The van der Waals surface area contributed by atoms with Crippen LogP contribution in [-0.4, -0.2) is 18.7 Å². The molecular formula is C31H40FNO3. The molecule has 1 fully saturated rings. The monoisotopic (exact) mass is 493 g/mol. The van der Waals surface area contributed by atoms with E-state index in [0.717, 1.165) is 51.4 Å². The summed E-state index contributed by atoms with van der Waals surface area (Å²) in [6, 6.07) is 14.3. The van der Waals surface area contributed by atoms with Crippen molar-refractivity contribution in [1.29, 1.82) is 5.26 Å². The van der Waals surface area contributed by atoms with Crippen LogP contribution in [0.25, 0.3) is 11.1 Å². The zero-order valence-electron chi connectivity index (χ0n) is 21.9. The molecule has 0 atom stereocenters. The molecular weight excluding hydrogens is 453 g/mol. The molecule has 0 radical (unpaired) electrons. The molecule has 5 heteroatoms. The summed E-state index contributed by atoms with van der Waals surface area (Å²) >= 11 is 0. The topological polar surface area (TPSA) is 59.3 Å². The van der Waals surface area contributed by atoms with E-state index in [-0.39, 0.29) is 23.3 Å². The van der Waals surface area contributed by atoms with Crippen LogP contribution in [0.15, 0.2) is 42.5 Å². The molecule has 0 saturated heterocycles. The Morgan fingerprint density at radius 3 is 2.33 bits per heavy atom. The fraction of sp³-hybridized carbons (Fsp3) is 0.548. The van der Waals surface area contributed by atoms with Gasteiger partial charge in [0, 0.05) is 11.6 Å². The second-order valence-corrected chi connectivity index (χ2v) is 10.1. The summed E-state index contributed by atoms with van der Waals surface area (Å²) < 4.78 is 26.0. The van der Waals surface area contributed by atoms with Gasteiger partial charge >= 0.3 is 5.97 Å². The summed E-state index contributed by atoms with van der Waals surface area (Å²) in [7, 11) is 0. The highest BCUT2D eigenvalue weighted by atomic mass is 19.1. The maximum absolute atomic E-state index is 14.6. The molecule has 0 aliphatic heterocycles. The first-order chi connectivity index (χ1) is 17.5. The summed E-state index contributed by atoms with van der Waals surface area (Å²) in [5, 5.41) is 9.80. The Kier molecular flexibility index (Phi) is 10.8. The number of nitriles is 1. The van der Waals surface area contributed by atoms with E-state index in [1.165, 1.54) is 31.7 Å². The van der Waals surface area contributed by atoms with Gasteiger partial charge < -0.3 is 9.47 Å². The van der Waals surface area contributed by atoms with E-state index < -0.39 is 0 Å². The lowest BCUT2D eigenvalue weighted by Crippen LogP contribution is -2.31. The minimum Gasteiger partial charge on any atom is -0.493 e. The summed E-state index contributed by atoms with van der Waals surface area (Å²) in [6.07, 6.45) is 11.8. The second-order valence-electron chi connectivity index (χ2n) is 10.1. The van der Waals surface area contributed by atoms with E-state index in [1.807, 2.05) is 0 Å². The van der Waals surface area contributed by atoms with Crippen molar-refractivity contribution in [2.45, 2.75) is 97.0 Å². The van der Waals surface area contributed by atoms with E-state index >= 15 is 0 Å². The number of hydrogen-bond donors (Lipinski definition) is 0. The van der Waals surface area contributed by atoms with Crippen LogP contribution in [-0.2, 0) is 4.74 Å². The third kappa shape index (κ3) is 7.82. The first-order valence-electron chi connectivity index (χ1n) is 13.7. The molecule has 2 aromatic rings. The number of nitrogens with zero attached hydrogens (tertiary/aromatic N) is 1. The fourth-order valence-corrected chi connectivity index (χ4v) is 4.91. The van der Waals surface area contributed by atoms with Gasteiger partial charge in [-0.15, -0.1) is 0 Å². The molecule has 0 N–H and O–H groups in total. The second kappa shape index (κ2) is 14.0. The van der Waals surface area contributed by atoms with Crippen molar-refractivity contribution < 1.29 is 18.7 Å². The van der Waals surface area contributed by atoms with E-state index in [2.05, 4.69) is 19.9 Å². The fourth-order valence-electron chi connectivity index (χ4n) is 4.91. The average molecular weight is 494 g/mol. The molecule has 0 unspecified atom stereocenters. The lowest BCUT2D eigenvalue weighted by Gasteiger charge is -2.34. The minimum atomic E-state index is -0.365. The number of ether oxygens (including phenoxy) is 2. The van der Waals surface area contributed by atoms with E-state index in [9.17, 15) is 14.4 Å². The van der Waals surface area contributed by atoms with Crippen LogP contribution >= 0.6 is 0 Å². The van der Waals surface area contributed by atoms with Gasteiger partial charge in [-0.25, -0.2) is 9.18 Å². The van der Waals surface area contributed by atoms with Crippen LogP contribution in [0.1, 0.15) is 101 Å². The number of benzene rings is 2. The standard InChI is InChI=1S/C31H40FNO3/c1-3-5-7-8-9-18-31(23-33)19-16-26(17-20-31)36-30(34)25-12-10-24(11-13-25)28-15-14-27(22-29(28)32)35-21-6-4-2/h10-15,22,26H,3-9,16-21H2,1-2H3. The van der Waals surface area contributed by atoms with Gasteiger partial charge in [0.05, 0.1) is 23.7 Å². The van der Waals surface area contributed by atoms with Crippen molar-refractivity contribution in [2.24, 2.45) is 5.41 Å². The Balaban J connectivity index is 1.51. The molecule has 2 aromatic carbocycles. The molecule has 1 aliphatic rings. The van der Waals surface area contributed by atoms with Crippen LogP contribution in [0, 0.1) is 22.6 Å². The van der Waals surface area contributed by atoms with Crippen LogP contribution < -0.4 is 4.74 Å². The number of rotatable bonds is 13.